The Morgan fingerprint density at radius 3 is 2.56 bits per heavy atom. The molecule has 144 valence electrons. The smallest absolute Gasteiger partial charge is 0.271 e. The van der Waals surface area contributed by atoms with Crippen LogP contribution in [-0.4, -0.2) is 18.7 Å². The van der Waals surface area contributed by atoms with Crippen LogP contribution >= 0.6 is 0 Å². The molecule has 0 aromatic heterocycles. The van der Waals surface area contributed by atoms with E-state index in [1.54, 1.807) is 0 Å². The van der Waals surface area contributed by atoms with E-state index in [0.29, 0.717) is 0 Å². The second-order valence-electron chi connectivity index (χ2n) is 6.39. The summed E-state index contributed by atoms with van der Waals surface area (Å²) in [6, 6.07) is 13.0. The lowest BCUT2D eigenvalue weighted by Crippen LogP contribution is -2.17. The number of benzene rings is 2. The summed E-state index contributed by atoms with van der Waals surface area (Å²) in [5.41, 5.74) is 3.45. The number of ether oxygens (including phenoxy) is 1. The van der Waals surface area contributed by atoms with Gasteiger partial charge in [-0.15, -0.1) is 0 Å². The first-order chi connectivity index (χ1) is 13.2. The summed E-state index contributed by atoms with van der Waals surface area (Å²) in [6.07, 6.45) is 8.96. The lowest BCUT2D eigenvalue weighted by Gasteiger charge is -2.06. The van der Waals surface area contributed by atoms with Gasteiger partial charge in [-0.1, -0.05) is 45.1 Å². The number of hydrazone groups is 1. The minimum atomic E-state index is -0.455. The maximum atomic E-state index is 13.1. The third-order valence-corrected chi connectivity index (χ3v) is 4.11. The predicted molar refractivity (Wildman–Crippen MR) is 107 cm³/mol. The largest absolute Gasteiger partial charge is 0.494 e. The van der Waals surface area contributed by atoms with Crippen molar-refractivity contribution >= 4 is 12.1 Å². The number of rotatable bonds is 11. The lowest BCUT2D eigenvalue weighted by molar-refractivity contribution is 0.0954. The molecule has 0 saturated carbocycles. The number of carbonyl (C=O) groups excluding carboxylic acids is 1. The molecule has 0 bridgehead atoms. The molecule has 0 fully saturated rings. The molecule has 0 heterocycles. The van der Waals surface area contributed by atoms with Gasteiger partial charge in [-0.3, -0.25) is 4.79 Å². The van der Waals surface area contributed by atoms with Crippen molar-refractivity contribution in [3.05, 3.63) is 65.5 Å². The van der Waals surface area contributed by atoms with E-state index < -0.39 is 11.7 Å². The second kappa shape index (κ2) is 11.8. The molecule has 2 aromatic carbocycles. The Labute approximate surface area is 160 Å². The first kappa shape index (κ1) is 20.6. The highest BCUT2D eigenvalue weighted by atomic mass is 19.1. The van der Waals surface area contributed by atoms with Crippen molar-refractivity contribution in [1.82, 2.24) is 5.43 Å². The van der Waals surface area contributed by atoms with Crippen LogP contribution in [-0.2, 0) is 0 Å². The minimum absolute atomic E-state index is 0.227. The van der Waals surface area contributed by atoms with Gasteiger partial charge in [0.2, 0.25) is 0 Å². The molecule has 27 heavy (non-hydrogen) atoms. The third kappa shape index (κ3) is 8.03. The molecule has 0 aliphatic rings. The van der Waals surface area contributed by atoms with Gasteiger partial charge in [0.1, 0.15) is 11.6 Å². The molecule has 0 saturated heterocycles. The fraction of sp³-hybridized carbons (Fsp3) is 0.364. The van der Waals surface area contributed by atoms with Gasteiger partial charge in [0, 0.05) is 5.56 Å². The Hall–Kier alpha value is -2.69. The number of amides is 1. The summed E-state index contributed by atoms with van der Waals surface area (Å²) >= 11 is 0. The highest BCUT2D eigenvalue weighted by molar-refractivity contribution is 5.94. The number of halogens is 1. The van der Waals surface area contributed by atoms with Gasteiger partial charge in [0.15, 0.2) is 0 Å². The molecule has 5 heteroatoms. The Bertz CT molecular complexity index is 729. The Morgan fingerprint density at radius 2 is 1.81 bits per heavy atom. The van der Waals surface area contributed by atoms with E-state index in [0.717, 1.165) is 24.3 Å². The van der Waals surface area contributed by atoms with Crippen molar-refractivity contribution < 1.29 is 13.9 Å². The molecule has 0 atom stereocenters. The average Bonchev–Trinajstić information content (AvgIpc) is 2.68. The van der Waals surface area contributed by atoms with Crippen LogP contribution in [0, 0.1) is 5.82 Å². The zero-order valence-corrected chi connectivity index (χ0v) is 15.8. The molecule has 4 nitrogen and oxygen atoms in total. The summed E-state index contributed by atoms with van der Waals surface area (Å²) in [5, 5.41) is 3.90. The summed E-state index contributed by atoms with van der Waals surface area (Å²) in [6.45, 7) is 2.94. The monoisotopic (exact) mass is 370 g/mol. The number of nitrogens with zero attached hydrogens (tertiary/aromatic N) is 1. The van der Waals surface area contributed by atoms with Crippen LogP contribution in [0.1, 0.15) is 61.4 Å². The molecule has 0 radical (unpaired) electrons. The third-order valence-electron chi connectivity index (χ3n) is 4.11. The quantitative estimate of drug-likeness (QED) is 0.330. The van der Waals surface area contributed by atoms with Gasteiger partial charge in [-0.2, -0.15) is 5.10 Å². The van der Waals surface area contributed by atoms with Crippen molar-refractivity contribution in [3.63, 3.8) is 0 Å². The van der Waals surface area contributed by atoms with Gasteiger partial charge in [-0.05, 0) is 54.4 Å². The molecule has 0 unspecified atom stereocenters. The van der Waals surface area contributed by atoms with E-state index in [1.807, 2.05) is 24.3 Å². The molecule has 1 N–H and O–H groups in total. The Balaban J connectivity index is 1.70. The molecule has 0 aliphatic heterocycles. The SMILES string of the molecule is CCCCCCCCOc1ccc(C=NNC(=O)c2cccc(F)c2)cc1. The topological polar surface area (TPSA) is 50.7 Å². The van der Waals surface area contributed by atoms with Crippen molar-refractivity contribution in [2.24, 2.45) is 5.10 Å². The molecule has 1 amide bonds. The average molecular weight is 370 g/mol. The molecule has 2 aromatic rings. The van der Waals surface area contributed by atoms with Crippen molar-refractivity contribution in [1.29, 1.82) is 0 Å². The first-order valence-corrected chi connectivity index (χ1v) is 9.51. The van der Waals surface area contributed by atoms with E-state index in [9.17, 15) is 9.18 Å². The van der Waals surface area contributed by atoms with Crippen LogP contribution in [0.15, 0.2) is 53.6 Å². The Kier molecular flexibility index (Phi) is 9.04. The second-order valence-corrected chi connectivity index (χ2v) is 6.39. The maximum Gasteiger partial charge on any atom is 0.271 e. The van der Waals surface area contributed by atoms with Crippen molar-refractivity contribution in [2.45, 2.75) is 45.4 Å². The van der Waals surface area contributed by atoms with Crippen LogP contribution in [0.4, 0.5) is 4.39 Å². The molecular weight excluding hydrogens is 343 g/mol. The molecular formula is C22H27FN2O2. The van der Waals surface area contributed by atoms with Crippen LogP contribution < -0.4 is 10.2 Å². The summed E-state index contributed by atoms with van der Waals surface area (Å²) in [4.78, 5) is 11.9. The van der Waals surface area contributed by atoms with Crippen LogP contribution in [0.2, 0.25) is 0 Å². The number of hydrogen-bond acceptors (Lipinski definition) is 3. The minimum Gasteiger partial charge on any atom is -0.494 e. The zero-order chi connectivity index (χ0) is 19.3. The van der Waals surface area contributed by atoms with E-state index in [2.05, 4.69) is 17.5 Å². The molecule has 0 spiro atoms. The van der Waals surface area contributed by atoms with E-state index >= 15 is 0 Å². The number of carbonyl (C=O) groups is 1. The van der Waals surface area contributed by atoms with Gasteiger partial charge in [-0.25, -0.2) is 9.82 Å². The van der Waals surface area contributed by atoms with Gasteiger partial charge < -0.3 is 4.74 Å². The summed E-state index contributed by atoms with van der Waals surface area (Å²) in [7, 11) is 0. The van der Waals surface area contributed by atoms with Crippen LogP contribution in [0.5, 0.6) is 5.75 Å². The van der Waals surface area contributed by atoms with E-state index in [-0.39, 0.29) is 5.56 Å². The van der Waals surface area contributed by atoms with Gasteiger partial charge in [0.05, 0.1) is 12.8 Å². The molecule has 0 aliphatic carbocycles. The fourth-order valence-electron chi connectivity index (χ4n) is 2.58. The number of unbranched alkanes of at least 4 members (excludes halogenated alkanes) is 5. The highest BCUT2D eigenvalue weighted by Gasteiger charge is 2.04. The molecule has 2 rings (SSSR count). The summed E-state index contributed by atoms with van der Waals surface area (Å²) < 4.78 is 18.8. The standard InChI is InChI=1S/C22H27FN2O2/c1-2-3-4-5-6-7-15-27-21-13-11-18(12-14-21)17-24-25-22(26)19-9-8-10-20(23)16-19/h8-14,16-17H,2-7,15H2,1H3,(H,25,26). The van der Waals surface area contributed by atoms with Gasteiger partial charge in [0.25, 0.3) is 5.91 Å². The van der Waals surface area contributed by atoms with Crippen LogP contribution in [0.25, 0.3) is 0 Å². The van der Waals surface area contributed by atoms with Gasteiger partial charge >= 0.3 is 0 Å². The summed E-state index contributed by atoms with van der Waals surface area (Å²) in [5.74, 6) is -0.0858. The van der Waals surface area contributed by atoms with Crippen molar-refractivity contribution in [2.75, 3.05) is 6.61 Å². The predicted octanol–water partition coefficient (Wildman–Crippen LogP) is 5.33. The lowest BCUT2D eigenvalue weighted by atomic mass is 10.1. The maximum absolute atomic E-state index is 13.1. The van der Waals surface area contributed by atoms with E-state index in [4.69, 9.17) is 4.74 Å². The van der Waals surface area contributed by atoms with E-state index in [1.165, 1.54) is 62.6 Å². The Morgan fingerprint density at radius 1 is 1.07 bits per heavy atom. The van der Waals surface area contributed by atoms with Crippen LogP contribution in [0.3, 0.4) is 0 Å². The number of hydrogen-bond donors (Lipinski definition) is 1. The fourth-order valence-corrected chi connectivity index (χ4v) is 2.58. The normalized spacial score (nSPS) is 10.9. The number of nitrogens with one attached hydrogen (secondary N) is 1. The first-order valence-electron chi connectivity index (χ1n) is 9.51. The zero-order valence-electron chi connectivity index (χ0n) is 15.8. The highest BCUT2D eigenvalue weighted by Crippen LogP contribution is 2.12. The van der Waals surface area contributed by atoms with Crippen molar-refractivity contribution in [3.8, 4) is 5.75 Å².